The molecule has 3 aromatic carbocycles. The average molecular weight is 370 g/mol. The summed E-state index contributed by atoms with van der Waals surface area (Å²) < 4.78 is 0. The maximum Gasteiger partial charge on any atom is 0.256 e. The second kappa shape index (κ2) is 8.09. The Hall–Kier alpha value is -3.40. The molecule has 1 fully saturated rings. The lowest BCUT2D eigenvalue weighted by Crippen LogP contribution is -2.35. The Morgan fingerprint density at radius 2 is 1.64 bits per heavy atom. The van der Waals surface area contributed by atoms with Crippen LogP contribution < -0.4 is 10.2 Å². The molecule has 0 aliphatic carbocycles. The van der Waals surface area contributed by atoms with Gasteiger partial charge in [0.2, 0.25) is 5.91 Å². The number of carbonyl (C=O) groups is 2. The van der Waals surface area contributed by atoms with Crippen LogP contribution in [0.3, 0.4) is 0 Å². The van der Waals surface area contributed by atoms with Gasteiger partial charge in [-0.25, -0.2) is 0 Å². The minimum Gasteiger partial charge on any atom is -0.322 e. The second-order valence-corrected chi connectivity index (χ2v) is 6.92. The van der Waals surface area contributed by atoms with E-state index in [1.807, 2.05) is 78.9 Å². The summed E-state index contributed by atoms with van der Waals surface area (Å²) in [4.78, 5) is 27.0. The Morgan fingerprint density at radius 3 is 2.46 bits per heavy atom. The summed E-state index contributed by atoms with van der Waals surface area (Å²) in [5.41, 5.74) is 4.03. The van der Waals surface area contributed by atoms with Crippen molar-refractivity contribution in [3.05, 3.63) is 84.4 Å². The lowest BCUT2D eigenvalue weighted by Gasteiger charge is -2.27. The van der Waals surface area contributed by atoms with E-state index in [1.165, 1.54) is 0 Å². The maximum atomic E-state index is 13.0. The predicted octanol–water partition coefficient (Wildman–Crippen LogP) is 5.12. The van der Waals surface area contributed by atoms with Crippen LogP contribution in [0.4, 0.5) is 11.4 Å². The summed E-state index contributed by atoms with van der Waals surface area (Å²) in [5, 5.41) is 2.99. The first-order valence-electron chi connectivity index (χ1n) is 9.58. The molecule has 4 heteroatoms. The van der Waals surface area contributed by atoms with Crippen LogP contribution >= 0.6 is 0 Å². The number of benzene rings is 3. The van der Waals surface area contributed by atoms with Crippen molar-refractivity contribution in [3.8, 4) is 11.1 Å². The smallest absolute Gasteiger partial charge is 0.256 e. The third-order valence-electron chi connectivity index (χ3n) is 5.00. The molecule has 0 aromatic heterocycles. The Bertz CT molecular complexity index is 998. The predicted molar refractivity (Wildman–Crippen MR) is 112 cm³/mol. The van der Waals surface area contributed by atoms with Gasteiger partial charge in [0.25, 0.3) is 5.91 Å². The number of carbonyl (C=O) groups excluding carboxylic acids is 2. The normalized spacial score (nSPS) is 14.0. The van der Waals surface area contributed by atoms with Gasteiger partial charge in [-0.05, 0) is 48.2 Å². The highest BCUT2D eigenvalue weighted by molar-refractivity contribution is 6.09. The van der Waals surface area contributed by atoms with Gasteiger partial charge in [-0.15, -0.1) is 0 Å². The molecule has 1 saturated heterocycles. The van der Waals surface area contributed by atoms with E-state index in [1.54, 1.807) is 4.90 Å². The standard InChI is InChI=1S/C24H22N2O2/c27-23-15-6-7-16-26(23)20-12-8-11-19(17-20)25-24(28)22-14-5-4-13-21(22)18-9-2-1-3-10-18/h1-5,8-14,17H,6-7,15-16H2,(H,25,28). The molecule has 0 bridgehead atoms. The monoisotopic (exact) mass is 370 g/mol. The van der Waals surface area contributed by atoms with E-state index in [9.17, 15) is 9.59 Å². The van der Waals surface area contributed by atoms with E-state index in [2.05, 4.69) is 5.32 Å². The third-order valence-corrected chi connectivity index (χ3v) is 5.00. The largest absolute Gasteiger partial charge is 0.322 e. The molecule has 28 heavy (non-hydrogen) atoms. The Morgan fingerprint density at radius 1 is 0.857 bits per heavy atom. The summed E-state index contributed by atoms with van der Waals surface area (Å²) in [7, 11) is 0. The van der Waals surface area contributed by atoms with Gasteiger partial charge in [-0.2, -0.15) is 0 Å². The summed E-state index contributed by atoms with van der Waals surface area (Å²) in [5.74, 6) is -0.0225. The van der Waals surface area contributed by atoms with Gasteiger partial charge in [0.15, 0.2) is 0 Å². The topological polar surface area (TPSA) is 49.4 Å². The summed E-state index contributed by atoms with van der Waals surface area (Å²) in [6.45, 7) is 0.729. The minimum atomic E-state index is -0.165. The van der Waals surface area contributed by atoms with Crippen LogP contribution in [0.2, 0.25) is 0 Å². The molecular formula is C24H22N2O2. The highest BCUT2D eigenvalue weighted by Gasteiger charge is 2.20. The number of nitrogens with zero attached hydrogens (tertiary/aromatic N) is 1. The number of amides is 2. The first-order valence-corrected chi connectivity index (χ1v) is 9.58. The van der Waals surface area contributed by atoms with Gasteiger partial charge in [0, 0.05) is 29.9 Å². The van der Waals surface area contributed by atoms with E-state index in [4.69, 9.17) is 0 Å². The van der Waals surface area contributed by atoms with Gasteiger partial charge in [-0.3, -0.25) is 9.59 Å². The maximum absolute atomic E-state index is 13.0. The van der Waals surface area contributed by atoms with Crippen LogP contribution in [-0.4, -0.2) is 18.4 Å². The number of anilines is 2. The fraction of sp³-hybridized carbons (Fsp3) is 0.167. The SMILES string of the molecule is O=C(Nc1cccc(N2CCCCC2=O)c1)c1ccccc1-c1ccccc1. The first kappa shape index (κ1) is 18.0. The van der Waals surface area contributed by atoms with Crippen LogP contribution in [0, 0.1) is 0 Å². The van der Waals surface area contributed by atoms with E-state index >= 15 is 0 Å². The van der Waals surface area contributed by atoms with Crippen LogP contribution in [0.1, 0.15) is 29.6 Å². The molecule has 1 heterocycles. The molecular weight excluding hydrogens is 348 g/mol. The van der Waals surface area contributed by atoms with Gasteiger partial charge >= 0.3 is 0 Å². The second-order valence-electron chi connectivity index (χ2n) is 6.92. The highest BCUT2D eigenvalue weighted by atomic mass is 16.2. The molecule has 0 saturated carbocycles. The molecule has 1 aliphatic heterocycles. The van der Waals surface area contributed by atoms with E-state index in [-0.39, 0.29) is 11.8 Å². The molecule has 1 aliphatic rings. The molecule has 0 spiro atoms. The zero-order chi connectivity index (χ0) is 19.3. The van der Waals surface area contributed by atoms with Crippen LogP contribution in [0.15, 0.2) is 78.9 Å². The molecule has 140 valence electrons. The van der Waals surface area contributed by atoms with Gasteiger partial charge in [0.05, 0.1) is 0 Å². The van der Waals surface area contributed by atoms with Crippen LogP contribution in [0.25, 0.3) is 11.1 Å². The summed E-state index contributed by atoms with van der Waals surface area (Å²) in [6, 6.07) is 24.9. The molecule has 2 amide bonds. The molecule has 4 rings (SSSR count). The Labute approximate surface area is 164 Å². The number of rotatable bonds is 4. The van der Waals surface area contributed by atoms with E-state index < -0.39 is 0 Å². The quantitative estimate of drug-likeness (QED) is 0.693. The lowest BCUT2D eigenvalue weighted by molar-refractivity contribution is -0.119. The van der Waals surface area contributed by atoms with Crippen molar-refractivity contribution < 1.29 is 9.59 Å². The highest BCUT2D eigenvalue weighted by Crippen LogP contribution is 2.26. The van der Waals surface area contributed by atoms with Crippen molar-refractivity contribution in [2.45, 2.75) is 19.3 Å². The van der Waals surface area contributed by atoms with Crippen molar-refractivity contribution in [1.29, 1.82) is 0 Å². The van der Waals surface area contributed by atoms with Crippen LogP contribution in [-0.2, 0) is 4.79 Å². The number of hydrogen-bond donors (Lipinski definition) is 1. The molecule has 1 N–H and O–H groups in total. The third kappa shape index (κ3) is 3.81. The van der Waals surface area contributed by atoms with Crippen molar-refractivity contribution in [2.24, 2.45) is 0 Å². The number of hydrogen-bond acceptors (Lipinski definition) is 2. The molecule has 0 radical (unpaired) electrons. The molecule has 4 nitrogen and oxygen atoms in total. The average Bonchev–Trinajstić information content (AvgIpc) is 2.75. The number of piperidine rings is 1. The van der Waals surface area contributed by atoms with Gasteiger partial charge in [0.1, 0.15) is 0 Å². The molecule has 0 unspecified atom stereocenters. The van der Waals surface area contributed by atoms with Crippen molar-refractivity contribution in [3.63, 3.8) is 0 Å². The first-order chi connectivity index (χ1) is 13.7. The molecule has 3 aromatic rings. The van der Waals surface area contributed by atoms with E-state index in [0.717, 1.165) is 36.2 Å². The van der Waals surface area contributed by atoms with E-state index in [0.29, 0.717) is 17.7 Å². The Balaban J connectivity index is 1.58. The fourth-order valence-electron chi connectivity index (χ4n) is 3.58. The van der Waals surface area contributed by atoms with Crippen molar-refractivity contribution in [1.82, 2.24) is 0 Å². The van der Waals surface area contributed by atoms with Gasteiger partial charge < -0.3 is 10.2 Å². The van der Waals surface area contributed by atoms with Crippen LogP contribution in [0.5, 0.6) is 0 Å². The number of nitrogens with one attached hydrogen (secondary N) is 1. The zero-order valence-electron chi connectivity index (χ0n) is 15.6. The fourth-order valence-corrected chi connectivity index (χ4v) is 3.58. The zero-order valence-corrected chi connectivity index (χ0v) is 15.6. The Kier molecular flexibility index (Phi) is 5.20. The molecule has 0 atom stereocenters. The minimum absolute atomic E-state index is 0.143. The summed E-state index contributed by atoms with van der Waals surface area (Å²) >= 11 is 0. The van der Waals surface area contributed by atoms with Crippen molar-refractivity contribution >= 4 is 23.2 Å². The van der Waals surface area contributed by atoms with Crippen molar-refractivity contribution in [2.75, 3.05) is 16.8 Å². The lowest BCUT2D eigenvalue weighted by atomic mass is 9.99. The summed E-state index contributed by atoms with van der Waals surface area (Å²) in [6.07, 6.45) is 2.54. The van der Waals surface area contributed by atoms with Gasteiger partial charge in [-0.1, -0.05) is 54.6 Å².